The monoisotopic (exact) mass is 442 g/mol. The maximum absolute atomic E-state index is 12.9. The Morgan fingerprint density at radius 1 is 1.22 bits per heavy atom. The highest BCUT2D eigenvalue weighted by Crippen LogP contribution is 2.63. The van der Waals surface area contributed by atoms with Gasteiger partial charge in [0.1, 0.15) is 30.0 Å². The molecule has 174 valence electrons. The summed E-state index contributed by atoms with van der Waals surface area (Å²) in [7, 11) is 0. The molecular formula is C26H34O6. The normalized spacial score (nSPS) is 38.1. The molecule has 3 fully saturated rings. The van der Waals surface area contributed by atoms with Crippen molar-refractivity contribution in [2.45, 2.75) is 70.4 Å². The second-order valence-electron chi connectivity index (χ2n) is 10.1. The SMILES string of the molecule is CC1CCC2[C@@H]1[C@H](OC(=O)/C=C/c1ccccc1)C1(C(C)C)CC(OC(=O)CO)C2(C)O1. The van der Waals surface area contributed by atoms with Crippen molar-refractivity contribution in [1.29, 1.82) is 0 Å². The van der Waals surface area contributed by atoms with E-state index < -0.39 is 36.0 Å². The average molecular weight is 443 g/mol. The molecule has 2 aliphatic heterocycles. The third-order valence-electron chi connectivity index (χ3n) is 8.01. The first kappa shape index (κ1) is 23.0. The van der Waals surface area contributed by atoms with Gasteiger partial charge < -0.3 is 19.3 Å². The zero-order valence-electron chi connectivity index (χ0n) is 19.3. The smallest absolute Gasteiger partial charge is 0.332 e. The van der Waals surface area contributed by atoms with Gasteiger partial charge >= 0.3 is 11.9 Å². The molecule has 2 saturated heterocycles. The second-order valence-corrected chi connectivity index (χ2v) is 10.1. The van der Waals surface area contributed by atoms with Crippen LogP contribution in [0.1, 0.15) is 52.5 Å². The summed E-state index contributed by atoms with van der Waals surface area (Å²) >= 11 is 0. The molecular weight excluding hydrogens is 408 g/mol. The highest BCUT2D eigenvalue weighted by molar-refractivity contribution is 5.87. The number of ether oxygens (including phenoxy) is 3. The van der Waals surface area contributed by atoms with E-state index in [0.29, 0.717) is 12.3 Å². The lowest BCUT2D eigenvalue weighted by molar-refractivity contribution is -0.264. The van der Waals surface area contributed by atoms with Crippen LogP contribution in [0.4, 0.5) is 0 Å². The Hall–Kier alpha value is -2.18. The Bertz CT molecular complexity index is 880. The van der Waals surface area contributed by atoms with Gasteiger partial charge in [-0.25, -0.2) is 9.59 Å². The quantitative estimate of drug-likeness (QED) is 0.534. The summed E-state index contributed by atoms with van der Waals surface area (Å²) in [5, 5.41) is 9.25. The van der Waals surface area contributed by atoms with Crippen LogP contribution in [-0.2, 0) is 23.8 Å². The third kappa shape index (κ3) is 3.77. The number of hydrogen-bond acceptors (Lipinski definition) is 6. The summed E-state index contributed by atoms with van der Waals surface area (Å²) in [5.74, 6) is -0.385. The van der Waals surface area contributed by atoms with E-state index in [0.717, 1.165) is 18.4 Å². The van der Waals surface area contributed by atoms with Crippen LogP contribution in [0.3, 0.4) is 0 Å². The van der Waals surface area contributed by atoms with Crippen LogP contribution in [0, 0.1) is 23.7 Å². The van der Waals surface area contributed by atoms with Crippen molar-refractivity contribution < 1.29 is 28.9 Å². The molecule has 0 radical (unpaired) electrons. The molecule has 2 heterocycles. The van der Waals surface area contributed by atoms with Gasteiger partial charge in [0.2, 0.25) is 0 Å². The minimum atomic E-state index is -0.745. The van der Waals surface area contributed by atoms with Gasteiger partial charge in [-0.05, 0) is 49.2 Å². The van der Waals surface area contributed by atoms with Gasteiger partial charge in [0.05, 0.1) is 0 Å². The van der Waals surface area contributed by atoms with Crippen LogP contribution in [0.25, 0.3) is 6.08 Å². The molecule has 1 aromatic carbocycles. The third-order valence-corrected chi connectivity index (χ3v) is 8.01. The molecule has 6 nitrogen and oxygen atoms in total. The number of aliphatic hydroxyl groups is 1. The largest absolute Gasteiger partial charge is 0.457 e. The molecule has 0 amide bonds. The Morgan fingerprint density at radius 2 is 1.94 bits per heavy atom. The molecule has 32 heavy (non-hydrogen) atoms. The van der Waals surface area contributed by atoms with Crippen molar-refractivity contribution in [3.8, 4) is 0 Å². The molecule has 0 aromatic heterocycles. The van der Waals surface area contributed by atoms with Crippen LogP contribution in [0.2, 0.25) is 0 Å². The summed E-state index contributed by atoms with van der Waals surface area (Å²) in [6.45, 7) is 7.71. The van der Waals surface area contributed by atoms with Crippen LogP contribution >= 0.6 is 0 Å². The number of fused-ring (bicyclic) bond motifs is 4. The molecule has 4 rings (SSSR count). The van der Waals surface area contributed by atoms with Crippen molar-refractivity contribution in [2.24, 2.45) is 23.7 Å². The number of rotatable bonds is 6. The van der Waals surface area contributed by atoms with E-state index in [1.807, 2.05) is 37.3 Å². The van der Waals surface area contributed by atoms with Crippen molar-refractivity contribution in [3.05, 3.63) is 42.0 Å². The molecule has 7 atom stereocenters. The van der Waals surface area contributed by atoms with Crippen molar-refractivity contribution in [3.63, 3.8) is 0 Å². The lowest BCUT2D eigenvalue weighted by Gasteiger charge is -2.52. The first-order valence-electron chi connectivity index (χ1n) is 11.7. The number of aliphatic hydroxyl groups excluding tert-OH is 1. The first-order chi connectivity index (χ1) is 15.2. The molecule has 1 aliphatic carbocycles. The average Bonchev–Trinajstić information content (AvgIpc) is 3.28. The van der Waals surface area contributed by atoms with Crippen molar-refractivity contribution in [1.82, 2.24) is 0 Å². The van der Waals surface area contributed by atoms with E-state index in [4.69, 9.17) is 14.2 Å². The van der Waals surface area contributed by atoms with E-state index in [2.05, 4.69) is 20.8 Å². The molecule has 5 unspecified atom stereocenters. The fourth-order valence-electron chi connectivity index (χ4n) is 6.33. The lowest BCUT2D eigenvalue weighted by atomic mass is 9.69. The summed E-state index contributed by atoms with van der Waals surface area (Å²) in [6.07, 6.45) is 4.72. The van der Waals surface area contributed by atoms with Crippen molar-refractivity contribution >= 4 is 18.0 Å². The zero-order chi connectivity index (χ0) is 23.1. The van der Waals surface area contributed by atoms with E-state index >= 15 is 0 Å². The number of hydrogen-bond donors (Lipinski definition) is 1. The first-order valence-corrected chi connectivity index (χ1v) is 11.7. The number of carbonyl (C=O) groups excluding carboxylic acids is 2. The van der Waals surface area contributed by atoms with E-state index in [-0.39, 0.29) is 23.7 Å². The van der Waals surface area contributed by atoms with Crippen LogP contribution in [-0.4, -0.2) is 47.1 Å². The Balaban J connectivity index is 1.65. The fraction of sp³-hybridized carbons (Fsp3) is 0.615. The van der Waals surface area contributed by atoms with Gasteiger partial charge in [0.25, 0.3) is 0 Å². The van der Waals surface area contributed by atoms with E-state index in [9.17, 15) is 14.7 Å². The van der Waals surface area contributed by atoms with Gasteiger partial charge in [-0.2, -0.15) is 0 Å². The van der Waals surface area contributed by atoms with Crippen LogP contribution in [0.15, 0.2) is 36.4 Å². The van der Waals surface area contributed by atoms with E-state index in [1.54, 1.807) is 6.08 Å². The summed E-state index contributed by atoms with van der Waals surface area (Å²) in [4.78, 5) is 24.9. The number of carbonyl (C=O) groups is 2. The molecule has 1 saturated carbocycles. The predicted molar refractivity (Wildman–Crippen MR) is 119 cm³/mol. The van der Waals surface area contributed by atoms with Crippen molar-refractivity contribution in [2.75, 3.05) is 6.61 Å². The summed E-state index contributed by atoms with van der Waals surface area (Å²) in [6, 6.07) is 9.64. The standard InChI is InChI=1S/C26H34O6/c1-16(2)26-14-20(30-22(29)15-27)25(4,32-26)19-12-10-17(3)23(19)24(26)31-21(28)13-11-18-8-6-5-7-9-18/h5-9,11,13,16-17,19-20,23-24,27H,10,12,14-15H2,1-4H3/b13-11+/t17?,19?,20?,23-,24+,25?,26?/m1/s1. The fourth-order valence-corrected chi connectivity index (χ4v) is 6.33. The Kier molecular flexibility index (Phi) is 6.21. The number of esters is 2. The summed E-state index contributed by atoms with van der Waals surface area (Å²) in [5.41, 5.74) is -0.474. The molecule has 3 aliphatic rings. The lowest BCUT2D eigenvalue weighted by Crippen LogP contribution is -2.62. The second kappa shape index (κ2) is 8.64. The van der Waals surface area contributed by atoms with E-state index in [1.165, 1.54) is 6.08 Å². The molecule has 0 spiro atoms. The zero-order valence-corrected chi connectivity index (χ0v) is 19.3. The van der Waals surface area contributed by atoms with Gasteiger partial charge in [-0.1, -0.05) is 51.1 Å². The molecule has 1 N–H and O–H groups in total. The Labute approximate surface area is 189 Å². The van der Waals surface area contributed by atoms with Crippen LogP contribution in [0.5, 0.6) is 0 Å². The maximum Gasteiger partial charge on any atom is 0.332 e. The van der Waals surface area contributed by atoms with Gasteiger partial charge in [0.15, 0.2) is 0 Å². The Morgan fingerprint density at radius 3 is 2.59 bits per heavy atom. The minimum Gasteiger partial charge on any atom is -0.457 e. The minimum absolute atomic E-state index is 0.0457. The molecule has 2 bridgehead atoms. The predicted octanol–water partition coefficient (Wildman–Crippen LogP) is 3.77. The highest BCUT2D eigenvalue weighted by Gasteiger charge is 2.72. The maximum atomic E-state index is 12.9. The van der Waals surface area contributed by atoms with Gasteiger partial charge in [0, 0.05) is 18.4 Å². The van der Waals surface area contributed by atoms with Gasteiger partial charge in [-0.3, -0.25) is 0 Å². The molecule has 1 aromatic rings. The summed E-state index contributed by atoms with van der Waals surface area (Å²) < 4.78 is 18.6. The topological polar surface area (TPSA) is 82.1 Å². The van der Waals surface area contributed by atoms with Gasteiger partial charge in [-0.15, -0.1) is 0 Å². The highest BCUT2D eigenvalue weighted by atomic mass is 16.6. The van der Waals surface area contributed by atoms with Crippen LogP contribution < -0.4 is 0 Å². The number of benzene rings is 1. The molecule has 6 heteroatoms.